The zero-order chi connectivity index (χ0) is 10.7. The third-order valence-electron chi connectivity index (χ3n) is 3.82. The Labute approximate surface area is 93.2 Å². The molecule has 1 N–H and O–H groups in total. The maximum absolute atomic E-state index is 5.61. The van der Waals surface area contributed by atoms with Gasteiger partial charge in [-0.2, -0.15) is 0 Å². The third-order valence-corrected chi connectivity index (χ3v) is 3.82. The summed E-state index contributed by atoms with van der Waals surface area (Å²) in [6.07, 6.45) is 5.70. The fourth-order valence-corrected chi connectivity index (χ4v) is 2.86. The molecule has 0 aromatic carbocycles. The Morgan fingerprint density at radius 1 is 1.33 bits per heavy atom. The van der Waals surface area contributed by atoms with Gasteiger partial charge in [0.05, 0.1) is 6.10 Å². The predicted octanol–water partition coefficient (Wildman–Crippen LogP) is 1.24. The fourth-order valence-electron chi connectivity index (χ4n) is 2.86. The fraction of sp³-hybridized carbons (Fsp3) is 1.00. The number of hydrogen-bond acceptors (Lipinski definition) is 3. The van der Waals surface area contributed by atoms with Crippen LogP contribution in [-0.2, 0) is 4.74 Å². The van der Waals surface area contributed by atoms with E-state index in [1.165, 1.54) is 38.8 Å². The predicted molar refractivity (Wildman–Crippen MR) is 62.1 cm³/mol. The Morgan fingerprint density at radius 3 is 2.80 bits per heavy atom. The van der Waals surface area contributed by atoms with Gasteiger partial charge in [0.25, 0.3) is 0 Å². The molecular formula is C12H24N2O. The molecule has 0 aromatic heterocycles. The number of rotatable bonds is 3. The maximum atomic E-state index is 5.61. The van der Waals surface area contributed by atoms with Crippen LogP contribution in [0.5, 0.6) is 0 Å². The normalized spacial score (nSPS) is 37.4. The molecular weight excluding hydrogens is 188 g/mol. The van der Waals surface area contributed by atoms with Gasteiger partial charge in [0.1, 0.15) is 0 Å². The van der Waals surface area contributed by atoms with Crippen molar-refractivity contribution in [2.24, 2.45) is 0 Å². The zero-order valence-electron chi connectivity index (χ0n) is 10.0. The average Bonchev–Trinajstić information content (AvgIpc) is 2.66. The monoisotopic (exact) mass is 212 g/mol. The van der Waals surface area contributed by atoms with E-state index in [0.717, 1.165) is 6.61 Å². The van der Waals surface area contributed by atoms with Crippen molar-refractivity contribution in [2.75, 3.05) is 26.7 Å². The summed E-state index contributed by atoms with van der Waals surface area (Å²) in [6.45, 7) is 5.52. The first kappa shape index (κ1) is 11.4. The highest BCUT2D eigenvalue weighted by atomic mass is 16.5. The Kier molecular flexibility index (Phi) is 4.00. The summed E-state index contributed by atoms with van der Waals surface area (Å²) in [4.78, 5) is 2.49. The lowest BCUT2D eigenvalue weighted by Gasteiger charge is -2.32. The van der Waals surface area contributed by atoms with Crippen molar-refractivity contribution in [2.45, 2.75) is 50.8 Å². The van der Waals surface area contributed by atoms with Gasteiger partial charge in [0.2, 0.25) is 0 Å². The quantitative estimate of drug-likeness (QED) is 0.762. The van der Waals surface area contributed by atoms with Crippen LogP contribution in [0.25, 0.3) is 0 Å². The van der Waals surface area contributed by atoms with E-state index >= 15 is 0 Å². The molecule has 2 aliphatic heterocycles. The standard InChI is InChI=1S/C12H24N2O/c1-10-12(6-8-15-10)14(2)9-11-5-3-4-7-13-11/h10-13H,3-9H2,1-2H3. The van der Waals surface area contributed by atoms with Crippen LogP contribution in [0.4, 0.5) is 0 Å². The van der Waals surface area contributed by atoms with E-state index in [9.17, 15) is 0 Å². The molecule has 0 spiro atoms. The summed E-state index contributed by atoms with van der Waals surface area (Å²) in [7, 11) is 2.24. The molecule has 2 saturated heterocycles. The molecule has 2 rings (SSSR count). The van der Waals surface area contributed by atoms with Crippen LogP contribution in [0.1, 0.15) is 32.6 Å². The number of hydrogen-bond donors (Lipinski definition) is 1. The lowest BCUT2D eigenvalue weighted by molar-refractivity contribution is 0.0790. The van der Waals surface area contributed by atoms with Crippen LogP contribution in [0.15, 0.2) is 0 Å². The highest BCUT2D eigenvalue weighted by Gasteiger charge is 2.29. The summed E-state index contributed by atoms with van der Waals surface area (Å²) in [6, 6.07) is 1.34. The zero-order valence-corrected chi connectivity index (χ0v) is 10.0. The molecule has 0 aliphatic carbocycles. The maximum Gasteiger partial charge on any atom is 0.0702 e. The highest BCUT2D eigenvalue weighted by Crippen LogP contribution is 2.19. The largest absolute Gasteiger partial charge is 0.377 e. The van der Waals surface area contributed by atoms with Crippen molar-refractivity contribution in [3.05, 3.63) is 0 Å². The number of piperidine rings is 1. The number of nitrogens with zero attached hydrogens (tertiary/aromatic N) is 1. The van der Waals surface area contributed by atoms with Crippen molar-refractivity contribution < 1.29 is 4.74 Å². The Balaban J connectivity index is 1.77. The molecule has 3 nitrogen and oxygen atoms in total. The van der Waals surface area contributed by atoms with Crippen LogP contribution in [0.2, 0.25) is 0 Å². The summed E-state index contributed by atoms with van der Waals surface area (Å²) >= 11 is 0. The van der Waals surface area contributed by atoms with Gasteiger partial charge in [0.15, 0.2) is 0 Å². The molecule has 2 heterocycles. The van der Waals surface area contributed by atoms with E-state index in [2.05, 4.69) is 24.2 Å². The van der Waals surface area contributed by atoms with Gasteiger partial charge in [-0.1, -0.05) is 6.42 Å². The van der Waals surface area contributed by atoms with Crippen molar-refractivity contribution in [1.29, 1.82) is 0 Å². The SMILES string of the molecule is CC1OCCC1N(C)CC1CCCCN1. The van der Waals surface area contributed by atoms with E-state index < -0.39 is 0 Å². The van der Waals surface area contributed by atoms with Gasteiger partial charge in [-0.25, -0.2) is 0 Å². The van der Waals surface area contributed by atoms with E-state index in [4.69, 9.17) is 4.74 Å². The molecule has 0 bridgehead atoms. The number of nitrogens with one attached hydrogen (secondary N) is 1. The molecule has 0 saturated carbocycles. The van der Waals surface area contributed by atoms with Gasteiger partial charge >= 0.3 is 0 Å². The topological polar surface area (TPSA) is 24.5 Å². The van der Waals surface area contributed by atoms with E-state index in [0.29, 0.717) is 18.2 Å². The molecule has 3 atom stereocenters. The Morgan fingerprint density at radius 2 is 2.20 bits per heavy atom. The molecule has 3 heteroatoms. The molecule has 2 aliphatic rings. The first-order valence-electron chi connectivity index (χ1n) is 6.32. The minimum absolute atomic E-state index is 0.415. The molecule has 0 amide bonds. The van der Waals surface area contributed by atoms with Crippen LogP contribution in [0.3, 0.4) is 0 Å². The first-order valence-corrected chi connectivity index (χ1v) is 6.32. The van der Waals surface area contributed by atoms with Gasteiger partial charge in [-0.15, -0.1) is 0 Å². The number of likely N-dealkylation sites (N-methyl/N-ethyl adjacent to an activating group) is 1. The smallest absolute Gasteiger partial charge is 0.0702 e. The van der Waals surface area contributed by atoms with Crippen molar-refractivity contribution in [3.8, 4) is 0 Å². The van der Waals surface area contributed by atoms with Crippen molar-refractivity contribution >= 4 is 0 Å². The van der Waals surface area contributed by atoms with E-state index in [1.807, 2.05) is 0 Å². The molecule has 3 unspecified atom stereocenters. The summed E-state index contributed by atoms with van der Waals surface area (Å²) < 4.78 is 5.61. The van der Waals surface area contributed by atoms with Gasteiger partial charge in [0, 0.05) is 25.2 Å². The minimum Gasteiger partial charge on any atom is -0.377 e. The lowest BCUT2D eigenvalue weighted by Crippen LogP contribution is -2.47. The van der Waals surface area contributed by atoms with Crippen molar-refractivity contribution in [1.82, 2.24) is 10.2 Å². The summed E-state index contributed by atoms with van der Waals surface area (Å²) in [5, 5.41) is 3.61. The van der Waals surface area contributed by atoms with Crippen LogP contribution in [0, 0.1) is 0 Å². The highest BCUT2D eigenvalue weighted by molar-refractivity contribution is 4.84. The molecule has 0 aromatic rings. The lowest BCUT2D eigenvalue weighted by atomic mass is 10.0. The second-order valence-electron chi connectivity index (χ2n) is 5.02. The van der Waals surface area contributed by atoms with Gasteiger partial charge in [-0.05, 0) is 39.8 Å². The second-order valence-corrected chi connectivity index (χ2v) is 5.02. The van der Waals surface area contributed by atoms with Crippen molar-refractivity contribution in [3.63, 3.8) is 0 Å². The molecule has 0 radical (unpaired) electrons. The average molecular weight is 212 g/mol. The molecule has 15 heavy (non-hydrogen) atoms. The third kappa shape index (κ3) is 2.92. The van der Waals surface area contributed by atoms with Crippen LogP contribution in [-0.4, -0.2) is 49.8 Å². The Bertz CT molecular complexity index is 192. The minimum atomic E-state index is 0.415. The molecule has 88 valence electrons. The van der Waals surface area contributed by atoms with Crippen LogP contribution >= 0.6 is 0 Å². The number of ether oxygens (including phenoxy) is 1. The Hall–Kier alpha value is -0.120. The van der Waals surface area contributed by atoms with E-state index in [-0.39, 0.29) is 0 Å². The van der Waals surface area contributed by atoms with E-state index in [1.54, 1.807) is 0 Å². The second kappa shape index (κ2) is 5.28. The summed E-state index contributed by atoms with van der Waals surface area (Å²) in [5.41, 5.74) is 0. The first-order chi connectivity index (χ1) is 7.27. The van der Waals surface area contributed by atoms with Gasteiger partial charge in [-0.3, -0.25) is 4.90 Å². The van der Waals surface area contributed by atoms with Crippen LogP contribution < -0.4 is 5.32 Å². The molecule has 2 fully saturated rings. The van der Waals surface area contributed by atoms with Gasteiger partial charge < -0.3 is 10.1 Å². The summed E-state index contributed by atoms with van der Waals surface area (Å²) in [5.74, 6) is 0.